The Kier molecular flexibility index (Phi) is 8.97. The van der Waals surface area contributed by atoms with E-state index in [1.54, 1.807) is 0 Å². The number of para-hydroxylation sites is 3. The predicted molar refractivity (Wildman–Crippen MR) is 306 cm³/mol. The van der Waals surface area contributed by atoms with Gasteiger partial charge in [0.15, 0.2) is 11.2 Å². The molecule has 14 aromatic rings. The lowest BCUT2D eigenvalue weighted by Gasteiger charge is -2.28. The van der Waals surface area contributed by atoms with Gasteiger partial charge in [-0.05, 0) is 129 Å². The lowest BCUT2D eigenvalue weighted by Crippen LogP contribution is -2.16. The Morgan fingerprint density at radius 1 is 0.329 bits per heavy atom. The molecule has 3 heterocycles. The zero-order valence-corrected chi connectivity index (χ0v) is 40.4. The van der Waals surface area contributed by atoms with Gasteiger partial charge in [-0.15, -0.1) is 0 Å². The van der Waals surface area contributed by atoms with E-state index in [2.05, 4.69) is 277 Å². The Morgan fingerprint density at radius 2 is 0.753 bits per heavy atom. The molecule has 0 spiro atoms. The van der Waals surface area contributed by atoms with Crippen LogP contribution in [-0.2, 0) is 5.41 Å². The van der Waals surface area contributed by atoms with E-state index in [9.17, 15) is 0 Å². The van der Waals surface area contributed by atoms with Gasteiger partial charge in [-0.2, -0.15) is 0 Å². The molecule has 4 heteroatoms. The van der Waals surface area contributed by atoms with E-state index in [4.69, 9.17) is 4.42 Å². The Hall–Kier alpha value is -9.38. The Labute approximate surface area is 422 Å². The van der Waals surface area contributed by atoms with Gasteiger partial charge in [0.05, 0.1) is 22.1 Å². The second-order valence-corrected chi connectivity index (χ2v) is 20.1. The number of benzene rings is 11. The van der Waals surface area contributed by atoms with Crippen LogP contribution in [0, 0.1) is 0 Å². The smallest absolute Gasteiger partial charge is 0.160 e. The van der Waals surface area contributed by atoms with Crippen molar-refractivity contribution >= 4 is 82.6 Å². The van der Waals surface area contributed by atoms with Crippen LogP contribution in [0.3, 0.4) is 0 Å². The van der Waals surface area contributed by atoms with E-state index in [-0.39, 0.29) is 5.41 Å². The number of aromatic nitrogens is 2. The molecule has 4 nitrogen and oxygen atoms in total. The first-order valence-electron chi connectivity index (χ1n) is 25.2. The van der Waals surface area contributed by atoms with Crippen molar-refractivity contribution in [2.45, 2.75) is 19.3 Å². The number of hydrogen-bond acceptors (Lipinski definition) is 2. The minimum absolute atomic E-state index is 0.115. The molecule has 0 radical (unpaired) electrons. The summed E-state index contributed by atoms with van der Waals surface area (Å²) in [4.78, 5) is 2.40. The molecule has 0 saturated carbocycles. The molecule has 0 saturated heterocycles. The number of fused-ring (bicyclic) bond motifs is 14. The Bertz CT molecular complexity index is 4480. The SMILES string of the molecule is CC1(C)c2ccccc2-c2ccc(N(c3ccc(-c4ccccc4)cc3)c3ccc(-c4ccc(-n5c6ccccc6c6ccc7c8ccc9c%10ccccc%10n(-c%10ccccc%10)c9c8oc7c65)cc4)cc3)cc21. The minimum Gasteiger partial charge on any atom is -0.452 e. The summed E-state index contributed by atoms with van der Waals surface area (Å²) in [6.07, 6.45) is 0. The minimum atomic E-state index is -0.115. The lowest BCUT2D eigenvalue weighted by molar-refractivity contribution is 0.660. The molecule has 15 rings (SSSR count). The zero-order valence-electron chi connectivity index (χ0n) is 40.4. The van der Waals surface area contributed by atoms with E-state index in [1.165, 1.54) is 49.5 Å². The van der Waals surface area contributed by atoms with Crippen molar-refractivity contribution in [2.75, 3.05) is 4.90 Å². The standard InChI is InChI=1S/C69H47N3O/c1-69(2)61-22-12-9-19-53(61)54-38-37-52(43-62(54)69)70(49-31-25-45(26-32-49)44-15-5-3-6-16-44)50-33-27-46(28-34-50)47-29-35-51(36-30-47)72-64-24-14-11-21-56(64)58-40-42-60-59-41-39-57-55-20-10-13-23-63(55)71(48-17-7-4-8-18-48)65(57)67(59)73-68(60)66(58)72/h3-43H,1-2H3. The first kappa shape index (κ1) is 41.4. The number of hydrogen-bond donors (Lipinski definition) is 0. The summed E-state index contributed by atoms with van der Waals surface area (Å²) in [5.74, 6) is 0. The highest BCUT2D eigenvalue weighted by Gasteiger charge is 2.36. The molecule has 344 valence electrons. The normalized spacial score (nSPS) is 12.9. The quantitative estimate of drug-likeness (QED) is 0.159. The van der Waals surface area contributed by atoms with Crippen molar-refractivity contribution in [2.24, 2.45) is 0 Å². The second-order valence-electron chi connectivity index (χ2n) is 20.1. The molecule has 0 amide bonds. The van der Waals surface area contributed by atoms with Crippen molar-refractivity contribution in [1.82, 2.24) is 9.13 Å². The fourth-order valence-electron chi connectivity index (χ4n) is 12.2. The zero-order chi connectivity index (χ0) is 48.4. The van der Waals surface area contributed by atoms with E-state index in [1.807, 2.05) is 0 Å². The molecule has 0 fully saturated rings. The fraction of sp³-hybridized carbons (Fsp3) is 0.0435. The molecule has 3 aromatic heterocycles. The molecular weight excluding hydrogens is 887 g/mol. The first-order valence-corrected chi connectivity index (χ1v) is 25.2. The van der Waals surface area contributed by atoms with Crippen LogP contribution in [0.5, 0.6) is 0 Å². The number of nitrogens with zero attached hydrogens (tertiary/aromatic N) is 3. The van der Waals surface area contributed by atoms with Gasteiger partial charge in [0.2, 0.25) is 0 Å². The van der Waals surface area contributed by atoms with Gasteiger partial charge in [0, 0.05) is 66.2 Å². The Balaban J connectivity index is 0.834. The topological polar surface area (TPSA) is 26.2 Å². The molecule has 0 bridgehead atoms. The van der Waals surface area contributed by atoms with E-state index >= 15 is 0 Å². The van der Waals surface area contributed by atoms with Crippen molar-refractivity contribution in [3.05, 3.63) is 260 Å². The third-order valence-electron chi connectivity index (χ3n) is 15.7. The van der Waals surface area contributed by atoms with E-state index < -0.39 is 0 Å². The third-order valence-corrected chi connectivity index (χ3v) is 15.7. The third kappa shape index (κ3) is 6.20. The van der Waals surface area contributed by atoms with Crippen molar-refractivity contribution in [1.29, 1.82) is 0 Å². The van der Waals surface area contributed by atoms with Crippen molar-refractivity contribution < 1.29 is 4.42 Å². The monoisotopic (exact) mass is 933 g/mol. The van der Waals surface area contributed by atoms with Gasteiger partial charge in [0.1, 0.15) is 0 Å². The summed E-state index contributed by atoms with van der Waals surface area (Å²) < 4.78 is 12.0. The summed E-state index contributed by atoms with van der Waals surface area (Å²) in [6.45, 7) is 4.70. The first-order chi connectivity index (χ1) is 36.0. The van der Waals surface area contributed by atoms with Crippen molar-refractivity contribution in [3.63, 3.8) is 0 Å². The highest BCUT2D eigenvalue weighted by atomic mass is 16.3. The van der Waals surface area contributed by atoms with Gasteiger partial charge in [-0.25, -0.2) is 0 Å². The summed E-state index contributed by atoms with van der Waals surface area (Å²) in [5, 5.41) is 6.95. The average molecular weight is 934 g/mol. The van der Waals surface area contributed by atoms with Crippen LogP contribution >= 0.6 is 0 Å². The molecule has 1 aliphatic rings. The summed E-state index contributed by atoms with van der Waals surface area (Å²) in [7, 11) is 0. The molecule has 0 aliphatic heterocycles. The highest BCUT2D eigenvalue weighted by Crippen LogP contribution is 2.51. The molecule has 11 aromatic carbocycles. The second kappa shape index (κ2) is 15.8. The van der Waals surface area contributed by atoms with Gasteiger partial charge in [0.25, 0.3) is 0 Å². The van der Waals surface area contributed by atoms with Crippen LogP contribution < -0.4 is 4.90 Å². The maximum atomic E-state index is 7.28. The van der Waals surface area contributed by atoms with Crippen LogP contribution in [0.1, 0.15) is 25.0 Å². The van der Waals surface area contributed by atoms with Gasteiger partial charge < -0.3 is 18.5 Å². The molecular formula is C69H47N3O. The molecule has 0 atom stereocenters. The van der Waals surface area contributed by atoms with Crippen LogP contribution in [0.4, 0.5) is 17.1 Å². The number of rotatable bonds is 7. The number of furan rings is 1. The van der Waals surface area contributed by atoms with Crippen LogP contribution in [0.2, 0.25) is 0 Å². The van der Waals surface area contributed by atoms with Crippen LogP contribution in [0.15, 0.2) is 253 Å². The summed E-state index contributed by atoms with van der Waals surface area (Å²) in [5.41, 5.74) is 21.7. The van der Waals surface area contributed by atoms with Gasteiger partial charge >= 0.3 is 0 Å². The molecule has 73 heavy (non-hydrogen) atoms. The van der Waals surface area contributed by atoms with Gasteiger partial charge in [-0.3, -0.25) is 0 Å². The molecule has 0 N–H and O–H groups in total. The Morgan fingerprint density at radius 3 is 1.33 bits per heavy atom. The van der Waals surface area contributed by atoms with Crippen LogP contribution in [-0.4, -0.2) is 9.13 Å². The summed E-state index contributed by atoms with van der Waals surface area (Å²) in [6, 6.07) is 90.6. The largest absolute Gasteiger partial charge is 0.452 e. The predicted octanol–water partition coefficient (Wildman–Crippen LogP) is 18.9. The van der Waals surface area contributed by atoms with Crippen molar-refractivity contribution in [3.8, 4) is 44.8 Å². The van der Waals surface area contributed by atoms with E-state index in [0.717, 1.165) is 89.0 Å². The van der Waals surface area contributed by atoms with Gasteiger partial charge in [-0.1, -0.05) is 178 Å². The lowest BCUT2D eigenvalue weighted by atomic mass is 9.82. The maximum absolute atomic E-state index is 7.28. The highest BCUT2D eigenvalue weighted by molar-refractivity contribution is 6.26. The molecule has 0 unspecified atom stereocenters. The molecule has 1 aliphatic carbocycles. The van der Waals surface area contributed by atoms with Crippen LogP contribution in [0.25, 0.3) is 110 Å². The number of anilines is 3. The van der Waals surface area contributed by atoms with E-state index in [0.29, 0.717) is 0 Å². The average Bonchev–Trinajstić information content (AvgIpc) is 4.21. The summed E-state index contributed by atoms with van der Waals surface area (Å²) >= 11 is 0. The maximum Gasteiger partial charge on any atom is 0.160 e. The fourth-order valence-corrected chi connectivity index (χ4v) is 12.2.